The first-order valence-corrected chi connectivity index (χ1v) is 6.78. The lowest BCUT2D eigenvalue weighted by Crippen LogP contribution is -2.39. The molecule has 1 aromatic rings. The van der Waals surface area contributed by atoms with Gasteiger partial charge >= 0.3 is 0 Å². The third kappa shape index (κ3) is 2.90. The summed E-state index contributed by atoms with van der Waals surface area (Å²) in [5.74, 6) is 0.379. The average Bonchev–Trinajstić information content (AvgIpc) is 2.86. The molecule has 1 aliphatic heterocycles. The molecule has 0 aliphatic carbocycles. The number of likely N-dealkylation sites (N-methyl/N-ethyl adjacent to an activating group) is 1. The van der Waals surface area contributed by atoms with E-state index in [9.17, 15) is 4.39 Å². The Morgan fingerprint density at radius 3 is 2.89 bits per heavy atom. The standard InChI is InChI=1S/C15H22FNO/c1-3-15-12(8-9-18-15)14(17-2)10-11-6-4-5-7-13(11)16/h4-7,12,14-15,17H,3,8-10H2,1-2H3. The van der Waals surface area contributed by atoms with E-state index >= 15 is 0 Å². The lowest BCUT2D eigenvalue weighted by molar-refractivity contribution is 0.0782. The van der Waals surface area contributed by atoms with Gasteiger partial charge in [-0.05, 0) is 37.9 Å². The highest BCUT2D eigenvalue weighted by molar-refractivity contribution is 5.18. The van der Waals surface area contributed by atoms with E-state index in [0.717, 1.165) is 31.4 Å². The Kier molecular flexibility index (Phi) is 4.72. The van der Waals surface area contributed by atoms with Crippen LogP contribution in [-0.4, -0.2) is 25.8 Å². The molecule has 2 nitrogen and oxygen atoms in total. The molecule has 1 saturated heterocycles. The van der Waals surface area contributed by atoms with Gasteiger partial charge in [0.15, 0.2) is 0 Å². The molecule has 0 bridgehead atoms. The molecule has 100 valence electrons. The van der Waals surface area contributed by atoms with E-state index in [2.05, 4.69) is 12.2 Å². The van der Waals surface area contributed by atoms with E-state index in [4.69, 9.17) is 4.74 Å². The van der Waals surface area contributed by atoms with Crippen molar-refractivity contribution in [2.75, 3.05) is 13.7 Å². The Balaban J connectivity index is 2.07. The summed E-state index contributed by atoms with van der Waals surface area (Å²) < 4.78 is 19.4. The number of hydrogen-bond acceptors (Lipinski definition) is 2. The number of benzene rings is 1. The van der Waals surface area contributed by atoms with E-state index in [1.165, 1.54) is 6.07 Å². The Morgan fingerprint density at radius 2 is 2.22 bits per heavy atom. The molecule has 1 aliphatic rings. The van der Waals surface area contributed by atoms with Gasteiger partial charge in [-0.15, -0.1) is 0 Å². The zero-order valence-corrected chi connectivity index (χ0v) is 11.2. The van der Waals surface area contributed by atoms with Crippen LogP contribution in [0.2, 0.25) is 0 Å². The molecule has 0 spiro atoms. The molecule has 1 heterocycles. The topological polar surface area (TPSA) is 21.3 Å². The molecule has 0 aromatic heterocycles. The summed E-state index contributed by atoms with van der Waals surface area (Å²) in [6.45, 7) is 2.98. The van der Waals surface area contributed by atoms with Crippen molar-refractivity contribution >= 4 is 0 Å². The SMILES string of the molecule is CCC1OCCC1C(Cc1ccccc1F)NC. The fourth-order valence-electron chi connectivity index (χ4n) is 2.91. The Labute approximate surface area is 109 Å². The van der Waals surface area contributed by atoms with Crippen molar-refractivity contribution in [1.82, 2.24) is 5.32 Å². The molecule has 18 heavy (non-hydrogen) atoms. The first kappa shape index (κ1) is 13.5. The van der Waals surface area contributed by atoms with Gasteiger partial charge in [-0.3, -0.25) is 0 Å². The van der Waals surface area contributed by atoms with Gasteiger partial charge in [0.25, 0.3) is 0 Å². The maximum atomic E-state index is 13.7. The molecule has 2 rings (SSSR count). The summed E-state index contributed by atoms with van der Waals surface area (Å²) in [4.78, 5) is 0. The first-order valence-electron chi connectivity index (χ1n) is 6.78. The molecule has 1 fully saturated rings. The number of nitrogens with one attached hydrogen (secondary N) is 1. The summed E-state index contributed by atoms with van der Waals surface area (Å²) in [6.07, 6.45) is 3.14. The number of hydrogen-bond donors (Lipinski definition) is 1. The summed E-state index contributed by atoms with van der Waals surface area (Å²) in [7, 11) is 1.95. The molecule has 1 aromatic carbocycles. The molecule has 0 amide bonds. The predicted octanol–water partition coefficient (Wildman–Crippen LogP) is 2.77. The largest absolute Gasteiger partial charge is 0.378 e. The van der Waals surface area contributed by atoms with Crippen molar-refractivity contribution in [3.8, 4) is 0 Å². The van der Waals surface area contributed by atoms with Crippen LogP contribution in [0.15, 0.2) is 24.3 Å². The predicted molar refractivity (Wildman–Crippen MR) is 71.1 cm³/mol. The smallest absolute Gasteiger partial charge is 0.126 e. The van der Waals surface area contributed by atoms with Crippen LogP contribution in [0.25, 0.3) is 0 Å². The van der Waals surface area contributed by atoms with E-state index in [1.807, 2.05) is 19.2 Å². The molecule has 0 saturated carbocycles. The van der Waals surface area contributed by atoms with Gasteiger partial charge < -0.3 is 10.1 Å². The van der Waals surface area contributed by atoms with E-state index in [1.54, 1.807) is 6.07 Å². The van der Waals surface area contributed by atoms with E-state index in [-0.39, 0.29) is 11.9 Å². The summed E-state index contributed by atoms with van der Waals surface area (Å²) in [5, 5.41) is 3.34. The Bertz CT molecular complexity index is 383. The molecular formula is C15H22FNO. The maximum Gasteiger partial charge on any atom is 0.126 e. The van der Waals surface area contributed by atoms with E-state index in [0.29, 0.717) is 12.0 Å². The minimum absolute atomic E-state index is 0.107. The van der Waals surface area contributed by atoms with Crippen molar-refractivity contribution in [3.05, 3.63) is 35.6 Å². The third-order valence-corrected chi connectivity index (χ3v) is 3.95. The average molecular weight is 251 g/mol. The Hall–Kier alpha value is -0.930. The molecule has 0 radical (unpaired) electrons. The van der Waals surface area contributed by atoms with Crippen LogP contribution >= 0.6 is 0 Å². The van der Waals surface area contributed by atoms with Gasteiger partial charge in [-0.1, -0.05) is 25.1 Å². The van der Waals surface area contributed by atoms with Crippen LogP contribution in [0.3, 0.4) is 0 Å². The molecule has 3 atom stereocenters. The fraction of sp³-hybridized carbons (Fsp3) is 0.600. The second-order valence-corrected chi connectivity index (χ2v) is 4.96. The van der Waals surface area contributed by atoms with Crippen molar-refractivity contribution in [1.29, 1.82) is 0 Å². The minimum Gasteiger partial charge on any atom is -0.378 e. The van der Waals surface area contributed by atoms with Gasteiger partial charge in [-0.25, -0.2) is 4.39 Å². The lowest BCUT2D eigenvalue weighted by Gasteiger charge is -2.27. The van der Waals surface area contributed by atoms with Gasteiger partial charge in [0, 0.05) is 18.6 Å². The van der Waals surface area contributed by atoms with Crippen molar-refractivity contribution in [3.63, 3.8) is 0 Å². The van der Waals surface area contributed by atoms with Gasteiger partial charge in [0.05, 0.1) is 6.10 Å². The fourth-order valence-corrected chi connectivity index (χ4v) is 2.91. The van der Waals surface area contributed by atoms with Crippen molar-refractivity contribution < 1.29 is 9.13 Å². The molecule has 3 heteroatoms. The van der Waals surface area contributed by atoms with Crippen LogP contribution in [0.5, 0.6) is 0 Å². The lowest BCUT2D eigenvalue weighted by atomic mass is 9.87. The van der Waals surface area contributed by atoms with Crippen LogP contribution in [-0.2, 0) is 11.2 Å². The second-order valence-electron chi connectivity index (χ2n) is 4.96. The zero-order chi connectivity index (χ0) is 13.0. The van der Waals surface area contributed by atoms with Crippen molar-refractivity contribution in [2.45, 2.75) is 38.3 Å². The van der Waals surface area contributed by atoms with Gasteiger partial charge in [0.1, 0.15) is 5.82 Å². The van der Waals surface area contributed by atoms with Gasteiger partial charge in [-0.2, -0.15) is 0 Å². The molecular weight excluding hydrogens is 229 g/mol. The van der Waals surface area contributed by atoms with E-state index < -0.39 is 0 Å². The Morgan fingerprint density at radius 1 is 1.44 bits per heavy atom. The van der Waals surface area contributed by atoms with Crippen LogP contribution < -0.4 is 5.32 Å². The highest BCUT2D eigenvalue weighted by Crippen LogP contribution is 2.28. The number of rotatable bonds is 5. The van der Waals surface area contributed by atoms with Crippen molar-refractivity contribution in [2.24, 2.45) is 5.92 Å². The number of halogens is 1. The highest BCUT2D eigenvalue weighted by atomic mass is 19.1. The molecule has 1 N–H and O–H groups in total. The minimum atomic E-state index is -0.107. The van der Waals surface area contributed by atoms with Gasteiger partial charge in [0.2, 0.25) is 0 Å². The maximum absolute atomic E-state index is 13.7. The van der Waals surface area contributed by atoms with Crippen LogP contribution in [0, 0.1) is 11.7 Å². The third-order valence-electron chi connectivity index (χ3n) is 3.95. The quantitative estimate of drug-likeness (QED) is 0.869. The molecule has 3 unspecified atom stereocenters. The van der Waals surface area contributed by atoms with Crippen LogP contribution in [0.4, 0.5) is 4.39 Å². The van der Waals surface area contributed by atoms with Crippen LogP contribution in [0.1, 0.15) is 25.3 Å². The summed E-state index contributed by atoms with van der Waals surface area (Å²) in [5.41, 5.74) is 0.790. The second kappa shape index (κ2) is 6.30. The highest BCUT2D eigenvalue weighted by Gasteiger charge is 2.33. The number of ether oxygens (including phenoxy) is 1. The summed E-state index contributed by atoms with van der Waals surface area (Å²) >= 11 is 0. The summed E-state index contributed by atoms with van der Waals surface area (Å²) in [6, 6.07) is 7.32. The monoisotopic (exact) mass is 251 g/mol. The normalized spacial score (nSPS) is 25.3. The zero-order valence-electron chi connectivity index (χ0n) is 11.2. The first-order chi connectivity index (χ1) is 8.76.